The summed E-state index contributed by atoms with van der Waals surface area (Å²) in [6.45, 7) is 2.18. The summed E-state index contributed by atoms with van der Waals surface area (Å²) in [4.78, 5) is 15.8. The summed E-state index contributed by atoms with van der Waals surface area (Å²) < 4.78 is 12.4. The van der Waals surface area contributed by atoms with Crippen LogP contribution in [0.5, 0.6) is 5.75 Å². The Bertz CT molecular complexity index is 827. The van der Waals surface area contributed by atoms with Crippen molar-refractivity contribution in [1.29, 1.82) is 0 Å². The zero-order chi connectivity index (χ0) is 18.4. The number of hydrogen-bond donors (Lipinski definition) is 2. The predicted molar refractivity (Wildman–Crippen MR) is 90.8 cm³/mol. The van der Waals surface area contributed by atoms with E-state index < -0.39 is 6.10 Å². The summed E-state index contributed by atoms with van der Waals surface area (Å²) in [5.41, 5.74) is 1.04. The normalized spacial score (nSPS) is 11.9. The Hall–Kier alpha value is -3.20. The van der Waals surface area contributed by atoms with Crippen molar-refractivity contribution in [2.24, 2.45) is 0 Å². The zero-order valence-corrected chi connectivity index (χ0v) is 14.2. The molecule has 136 valence electrons. The van der Waals surface area contributed by atoms with Crippen molar-refractivity contribution in [2.75, 3.05) is 6.54 Å². The molecule has 2 N–H and O–H groups in total. The molecule has 9 nitrogen and oxygen atoms in total. The van der Waals surface area contributed by atoms with Crippen LogP contribution in [0, 0.1) is 0 Å². The zero-order valence-electron chi connectivity index (χ0n) is 14.2. The number of nitrogens with zero attached hydrogens (tertiary/aromatic N) is 4. The van der Waals surface area contributed by atoms with Crippen molar-refractivity contribution in [1.82, 2.24) is 25.2 Å². The van der Waals surface area contributed by atoms with Crippen LogP contribution < -0.4 is 10.1 Å². The summed E-state index contributed by atoms with van der Waals surface area (Å²) in [5.74, 6) is 0.733. The highest BCUT2D eigenvalue weighted by Gasteiger charge is 2.13. The summed E-state index contributed by atoms with van der Waals surface area (Å²) in [7, 11) is 0. The highest BCUT2D eigenvalue weighted by Crippen LogP contribution is 2.16. The molecule has 0 saturated carbocycles. The fraction of sp³-hybridized carbons (Fsp3) is 0.294. The van der Waals surface area contributed by atoms with Crippen molar-refractivity contribution in [3.05, 3.63) is 54.4 Å². The van der Waals surface area contributed by atoms with Gasteiger partial charge in [-0.3, -0.25) is 4.79 Å². The third-order valence-corrected chi connectivity index (χ3v) is 3.54. The van der Waals surface area contributed by atoms with Crippen LogP contribution in [0.3, 0.4) is 0 Å². The Morgan fingerprint density at radius 3 is 2.88 bits per heavy atom. The number of hydrogen-bond acceptors (Lipinski definition) is 7. The molecule has 0 aliphatic carbocycles. The molecule has 3 aromatic rings. The average Bonchev–Trinajstić information content (AvgIpc) is 3.32. The van der Waals surface area contributed by atoms with Gasteiger partial charge in [0.2, 0.25) is 0 Å². The second-order valence-electron chi connectivity index (χ2n) is 5.69. The maximum absolute atomic E-state index is 11.9. The number of carbonyl (C=O) groups is 1. The number of aliphatic hydroxyl groups excluding tert-OH is 1. The molecule has 1 amide bonds. The molecular weight excluding hydrogens is 338 g/mol. The molecule has 1 atom stereocenters. The third-order valence-electron chi connectivity index (χ3n) is 3.54. The van der Waals surface area contributed by atoms with Crippen molar-refractivity contribution in [2.45, 2.75) is 26.1 Å². The topological polar surface area (TPSA) is 115 Å². The first-order chi connectivity index (χ1) is 12.6. The Kier molecular flexibility index (Phi) is 5.59. The van der Waals surface area contributed by atoms with Gasteiger partial charge in [0.15, 0.2) is 11.5 Å². The number of rotatable bonds is 8. The van der Waals surface area contributed by atoms with Gasteiger partial charge in [-0.2, -0.15) is 5.10 Å². The minimum atomic E-state index is -0.465. The lowest BCUT2D eigenvalue weighted by atomic mass is 10.3. The van der Waals surface area contributed by atoms with E-state index in [0.29, 0.717) is 24.5 Å². The van der Waals surface area contributed by atoms with Gasteiger partial charge >= 0.3 is 0 Å². The standard InChI is InChI=1S/C17H19N5O4/c1-12(23)6-7-19-17(24)16-8-15(26-21-16)9-25-14-4-2-13(3-5-14)22-11-18-10-20-22/h2-5,8,10-12,23H,6-7,9H2,1H3,(H,19,24). The quantitative estimate of drug-likeness (QED) is 0.625. The number of aromatic nitrogens is 4. The van der Waals surface area contributed by atoms with Crippen LogP contribution in [0.25, 0.3) is 5.69 Å². The molecule has 3 rings (SSSR count). The summed E-state index contributed by atoms with van der Waals surface area (Å²) >= 11 is 0. The van der Waals surface area contributed by atoms with E-state index in [2.05, 4.69) is 20.6 Å². The van der Waals surface area contributed by atoms with Gasteiger partial charge in [-0.25, -0.2) is 9.67 Å². The molecule has 26 heavy (non-hydrogen) atoms. The number of amides is 1. The average molecular weight is 357 g/mol. The van der Waals surface area contributed by atoms with Crippen molar-refractivity contribution < 1.29 is 19.2 Å². The van der Waals surface area contributed by atoms with Crippen LogP contribution in [0.2, 0.25) is 0 Å². The molecule has 2 heterocycles. The molecule has 0 fully saturated rings. The molecular formula is C17H19N5O4. The van der Waals surface area contributed by atoms with Gasteiger partial charge in [0.1, 0.15) is 25.0 Å². The molecule has 0 bridgehead atoms. The molecule has 1 unspecified atom stereocenters. The van der Waals surface area contributed by atoms with E-state index in [1.165, 1.54) is 12.4 Å². The highest BCUT2D eigenvalue weighted by atomic mass is 16.5. The molecule has 9 heteroatoms. The Morgan fingerprint density at radius 1 is 1.38 bits per heavy atom. The van der Waals surface area contributed by atoms with Gasteiger partial charge in [0, 0.05) is 12.6 Å². The second kappa shape index (κ2) is 8.26. The van der Waals surface area contributed by atoms with E-state index >= 15 is 0 Å². The number of benzene rings is 1. The van der Waals surface area contributed by atoms with E-state index in [0.717, 1.165) is 5.69 Å². The van der Waals surface area contributed by atoms with Gasteiger partial charge in [-0.1, -0.05) is 5.16 Å². The van der Waals surface area contributed by atoms with Crippen LogP contribution in [-0.2, 0) is 6.61 Å². The number of nitrogens with one attached hydrogen (secondary N) is 1. The third kappa shape index (κ3) is 4.67. The maximum Gasteiger partial charge on any atom is 0.273 e. The minimum absolute atomic E-state index is 0.149. The first kappa shape index (κ1) is 17.6. The lowest BCUT2D eigenvalue weighted by molar-refractivity contribution is 0.0936. The SMILES string of the molecule is CC(O)CCNC(=O)c1cc(COc2ccc(-n3cncn3)cc2)on1. The largest absolute Gasteiger partial charge is 0.486 e. The Morgan fingerprint density at radius 2 is 2.19 bits per heavy atom. The summed E-state index contributed by atoms with van der Waals surface area (Å²) in [5, 5.41) is 19.6. The number of carbonyl (C=O) groups excluding carboxylic acids is 1. The summed E-state index contributed by atoms with van der Waals surface area (Å²) in [6.07, 6.45) is 3.09. The molecule has 1 aromatic carbocycles. The predicted octanol–water partition coefficient (Wildman–Crippen LogP) is 1.33. The Labute approximate surface area is 149 Å². The van der Waals surface area contributed by atoms with Gasteiger partial charge in [-0.05, 0) is 37.6 Å². The smallest absolute Gasteiger partial charge is 0.273 e. The van der Waals surface area contributed by atoms with E-state index in [-0.39, 0.29) is 18.2 Å². The highest BCUT2D eigenvalue weighted by molar-refractivity contribution is 5.92. The lowest BCUT2D eigenvalue weighted by Crippen LogP contribution is -2.26. The van der Waals surface area contributed by atoms with E-state index in [1.54, 1.807) is 30.1 Å². The van der Waals surface area contributed by atoms with Crippen LogP contribution >= 0.6 is 0 Å². The van der Waals surface area contributed by atoms with E-state index in [4.69, 9.17) is 9.26 Å². The molecule has 0 aliphatic rings. The molecule has 0 radical (unpaired) electrons. The van der Waals surface area contributed by atoms with Gasteiger partial charge in [-0.15, -0.1) is 0 Å². The molecule has 2 aromatic heterocycles. The van der Waals surface area contributed by atoms with Gasteiger partial charge in [0.25, 0.3) is 5.91 Å². The van der Waals surface area contributed by atoms with Crippen molar-refractivity contribution in [3.63, 3.8) is 0 Å². The number of aliphatic hydroxyl groups is 1. The molecule has 0 spiro atoms. The van der Waals surface area contributed by atoms with E-state index in [9.17, 15) is 9.90 Å². The van der Waals surface area contributed by atoms with Crippen LogP contribution in [0.4, 0.5) is 0 Å². The fourth-order valence-electron chi connectivity index (χ4n) is 2.16. The fourth-order valence-corrected chi connectivity index (χ4v) is 2.16. The first-order valence-electron chi connectivity index (χ1n) is 8.11. The monoisotopic (exact) mass is 357 g/mol. The molecule has 0 aliphatic heterocycles. The van der Waals surface area contributed by atoms with Gasteiger partial charge in [0.05, 0.1) is 11.8 Å². The van der Waals surface area contributed by atoms with Crippen LogP contribution in [0.1, 0.15) is 29.6 Å². The van der Waals surface area contributed by atoms with E-state index in [1.807, 2.05) is 12.1 Å². The van der Waals surface area contributed by atoms with Gasteiger partial charge < -0.3 is 19.7 Å². The lowest BCUT2D eigenvalue weighted by Gasteiger charge is -2.05. The minimum Gasteiger partial charge on any atom is -0.486 e. The number of ether oxygens (including phenoxy) is 1. The Balaban J connectivity index is 1.51. The van der Waals surface area contributed by atoms with Crippen LogP contribution in [-0.4, -0.2) is 43.6 Å². The van der Waals surface area contributed by atoms with Crippen molar-refractivity contribution in [3.8, 4) is 11.4 Å². The second-order valence-corrected chi connectivity index (χ2v) is 5.69. The van der Waals surface area contributed by atoms with Crippen LogP contribution in [0.15, 0.2) is 47.5 Å². The molecule has 0 saturated heterocycles. The summed E-state index contributed by atoms with van der Waals surface area (Å²) in [6, 6.07) is 8.84. The maximum atomic E-state index is 11.9. The first-order valence-corrected chi connectivity index (χ1v) is 8.11. The van der Waals surface area contributed by atoms with Crippen molar-refractivity contribution >= 4 is 5.91 Å².